The molecule has 1 atom stereocenters. The van der Waals surface area contributed by atoms with Gasteiger partial charge in [0, 0.05) is 17.2 Å². The van der Waals surface area contributed by atoms with Crippen LogP contribution < -0.4 is 14.8 Å². The molecule has 1 amide bonds. The lowest BCUT2D eigenvalue weighted by Gasteiger charge is -2.21. The summed E-state index contributed by atoms with van der Waals surface area (Å²) in [5.41, 5.74) is 3.47. The quantitative estimate of drug-likeness (QED) is 0.783. The van der Waals surface area contributed by atoms with Crippen LogP contribution in [0.5, 0.6) is 11.5 Å². The highest BCUT2D eigenvalue weighted by atomic mass is 16.5. The molecule has 142 valence electrons. The Morgan fingerprint density at radius 1 is 1.15 bits per heavy atom. The summed E-state index contributed by atoms with van der Waals surface area (Å²) in [6.45, 7) is 0. The summed E-state index contributed by atoms with van der Waals surface area (Å²) in [6.07, 6.45) is 2.63. The Balaban J connectivity index is 1.91. The molecule has 2 aromatic rings. The molecule has 6 heteroatoms. The average Bonchev–Trinajstić information content (AvgIpc) is 3.15. The smallest absolute Gasteiger partial charge is 0.305 e. The Morgan fingerprint density at radius 2 is 1.96 bits per heavy atom. The molecule has 1 aliphatic rings. The number of aryl methyl sites for hydroxylation is 1. The summed E-state index contributed by atoms with van der Waals surface area (Å²) in [5.74, 6) is -0.203. The van der Waals surface area contributed by atoms with Crippen LogP contribution >= 0.6 is 0 Å². The fraction of sp³-hybridized carbons (Fsp3) is 0.333. The molecule has 1 aliphatic carbocycles. The van der Waals surface area contributed by atoms with Gasteiger partial charge in [0.25, 0.3) is 5.91 Å². The van der Waals surface area contributed by atoms with Crippen molar-refractivity contribution in [2.24, 2.45) is 0 Å². The van der Waals surface area contributed by atoms with Crippen molar-refractivity contribution in [2.45, 2.75) is 31.7 Å². The van der Waals surface area contributed by atoms with Gasteiger partial charge in [0.1, 0.15) is 11.5 Å². The summed E-state index contributed by atoms with van der Waals surface area (Å²) in [4.78, 5) is 24.3. The lowest BCUT2D eigenvalue weighted by atomic mass is 9.99. The number of methoxy groups -OCH3 is 2. The van der Waals surface area contributed by atoms with Crippen molar-refractivity contribution in [3.05, 3.63) is 58.7 Å². The topological polar surface area (TPSA) is 84.9 Å². The first-order valence-electron chi connectivity index (χ1n) is 8.88. The van der Waals surface area contributed by atoms with Crippen LogP contribution in [0.4, 0.5) is 0 Å². The molecule has 1 unspecified atom stereocenters. The van der Waals surface area contributed by atoms with Crippen LogP contribution in [0.1, 0.15) is 45.9 Å². The number of carbonyl (C=O) groups excluding carboxylic acids is 1. The molecule has 0 aliphatic heterocycles. The number of benzene rings is 2. The summed E-state index contributed by atoms with van der Waals surface area (Å²) in [6, 6.07) is 10.1. The molecule has 0 spiro atoms. The predicted molar refractivity (Wildman–Crippen MR) is 100 cm³/mol. The number of hydrogen-bond acceptors (Lipinski definition) is 4. The molecule has 0 radical (unpaired) electrons. The Morgan fingerprint density at radius 3 is 2.67 bits per heavy atom. The number of nitrogens with one attached hydrogen (secondary N) is 1. The van der Waals surface area contributed by atoms with E-state index < -0.39 is 12.0 Å². The zero-order valence-electron chi connectivity index (χ0n) is 15.5. The molecule has 3 rings (SSSR count). The molecule has 0 bridgehead atoms. The fourth-order valence-corrected chi connectivity index (χ4v) is 3.59. The standard InChI is InChI=1S/C21H23NO5/c1-26-14-9-10-17(19(11-14)27-2)18(12-20(23)24)22-21(25)16-8-4-6-13-5-3-7-15(13)16/h4,6,8-11,18H,3,5,7,12H2,1-2H3,(H,22,25)(H,23,24). The zero-order valence-corrected chi connectivity index (χ0v) is 15.5. The first-order chi connectivity index (χ1) is 13.0. The largest absolute Gasteiger partial charge is 0.497 e. The molecule has 6 nitrogen and oxygen atoms in total. The van der Waals surface area contributed by atoms with Gasteiger partial charge in [-0.15, -0.1) is 0 Å². The highest BCUT2D eigenvalue weighted by molar-refractivity contribution is 5.96. The number of fused-ring (bicyclic) bond motifs is 1. The van der Waals surface area contributed by atoms with E-state index in [1.165, 1.54) is 12.7 Å². The van der Waals surface area contributed by atoms with Crippen molar-refractivity contribution >= 4 is 11.9 Å². The number of carboxylic acid groups (broad SMARTS) is 1. The Labute approximate surface area is 158 Å². The van der Waals surface area contributed by atoms with E-state index in [9.17, 15) is 14.7 Å². The number of aliphatic carboxylic acids is 1. The molecule has 0 heterocycles. The second kappa shape index (κ2) is 8.12. The molecule has 0 fully saturated rings. The third-order valence-corrected chi connectivity index (χ3v) is 4.89. The number of rotatable bonds is 7. The summed E-state index contributed by atoms with van der Waals surface area (Å²) < 4.78 is 10.6. The number of carbonyl (C=O) groups is 2. The van der Waals surface area contributed by atoms with E-state index in [0.717, 1.165) is 24.8 Å². The van der Waals surface area contributed by atoms with Gasteiger partial charge in [0.05, 0.1) is 26.7 Å². The first kappa shape index (κ1) is 18.8. The van der Waals surface area contributed by atoms with Gasteiger partial charge in [-0.2, -0.15) is 0 Å². The van der Waals surface area contributed by atoms with Gasteiger partial charge in [-0.3, -0.25) is 9.59 Å². The molecule has 2 aromatic carbocycles. The first-order valence-corrected chi connectivity index (χ1v) is 8.88. The number of carboxylic acids is 1. The van der Waals surface area contributed by atoms with Crippen molar-refractivity contribution in [1.29, 1.82) is 0 Å². The Bertz CT molecular complexity index is 862. The lowest BCUT2D eigenvalue weighted by Crippen LogP contribution is -2.31. The summed E-state index contributed by atoms with van der Waals surface area (Å²) >= 11 is 0. The molecule has 2 N–H and O–H groups in total. The second-order valence-electron chi connectivity index (χ2n) is 6.53. The Hall–Kier alpha value is -3.02. The number of ether oxygens (including phenoxy) is 2. The van der Waals surface area contributed by atoms with Crippen molar-refractivity contribution in [3.63, 3.8) is 0 Å². The van der Waals surface area contributed by atoms with E-state index in [-0.39, 0.29) is 12.3 Å². The maximum Gasteiger partial charge on any atom is 0.305 e. The fourth-order valence-electron chi connectivity index (χ4n) is 3.59. The van der Waals surface area contributed by atoms with E-state index in [0.29, 0.717) is 22.6 Å². The summed E-state index contributed by atoms with van der Waals surface area (Å²) in [7, 11) is 3.04. The lowest BCUT2D eigenvalue weighted by molar-refractivity contribution is -0.137. The molecule has 0 aromatic heterocycles. The van der Waals surface area contributed by atoms with Crippen molar-refractivity contribution < 1.29 is 24.2 Å². The predicted octanol–water partition coefficient (Wildman–Crippen LogP) is 3.14. The SMILES string of the molecule is COc1ccc(C(CC(=O)O)NC(=O)c2cccc3c2CCC3)c(OC)c1. The van der Waals surface area contributed by atoms with Crippen molar-refractivity contribution in [3.8, 4) is 11.5 Å². The Kier molecular flexibility index (Phi) is 5.64. The third kappa shape index (κ3) is 4.05. The highest BCUT2D eigenvalue weighted by Crippen LogP contribution is 2.32. The second-order valence-corrected chi connectivity index (χ2v) is 6.53. The molecular formula is C21H23NO5. The van der Waals surface area contributed by atoms with E-state index in [2.05, 4.69) is 5.32 Å². The van der Waals surface area contributed by atoms with Gasteiger partial charge in [0.2, 0.25) is 0 Å². The normalized spacial score (nSPS) is 13.6. The van der Waals surface area contributed by atoms with Crippen LogP contribution in [-0.2, 0) is 17.6 Å². The molecule has 0 saturated carbocycles. The van der Waals surface area contributed by atoms with Crippen LogP contribution in [0, 0.1) is 0 Å². The maximum atomic E-state index is 12.9. The van der Waals surface area contributed by atoms with E-state index in [4.69, 9.17) is 9.47 Å². The van der Waals surface area contributed by atoms with E-state index in [1.807, 2.05) is 12.1 Å². The minimum Gasteiger partial charge on any atom is -0.497 e. The van der Waals surface area contributed by atoms with Gasteiger partial charge < -0.3 is 19.9 Å². The molecule has 27 heavy (non-hydrogen) atoms. The van der Waals surface area contributed by atoms with Gasteiger partial charge in [-0.25, -0.2) is 0 Å². The number of hydrogen-bond donors (Lipinski definition) is 2. The molecular weight excluding hydrogens is 346 g/mol. The third-order valence-electron chi connectivity index (χ3n) is 4.89. The van der Waals surface area contributed by atoms with Gasteiger partial charge in [0.15, 0.2) is 0 Å². The van der Waals surface area contributed by atoms with Gasteiger partial charge in [-0.1, -0.05) is 12.1 Å². The number of amides is 1. The van der Waals surface area contributed by atoms with Crippen LogP contribution in [0.3, 0.4) is 0 Å². The minimum absolute atomic E-state index is 0.247. The molecule has 0 saturated heterocycles. The summed E-state index contributed by atoms with van der Waals surface area (Å²) in [5, 5.41) is 12.2. The van der Waals surface area contributed by atoms with Crippen LogP contribution in [0.2, 0.25) is 0 Å². The van der Waals surface area contributed by atoms with Crippen molar-refractivity contribution in [1.82, 2.24) is 5.32 Å². The van der Waals surface area contributed by atoms with E-state index >= 15 is 0 Å². The van der Waals surface area contributed by atoms with Gasteiger partial charge >= 0.3 is 5.97 Å². The van der Waals surface area contributed by atoms with Crippen LogP contribution in [0.15, 0.2) is 36.4 Å². The van der Waals surface area contributed by atoms with Crippen LogP contribution in [0.25, 0.3) is 0 Å². The minimum atomic E-state index is -1.00. The average molecular weight is 369 g/mol. The zero-order chi connectivity index (χ0) is 19.4. The maximum absolute atomic E-state index is 12.9. The van der Waals surface area contributed by atoms with Gasteiger partial charge in [-0.05, 0) is 48.6 Å². The highest BCUT2D eigenvalue weighted by Gasteiger charge is 2.25. The monoisotopic (exact) mass is 369 g/mol. The van der Waals surface area contributed by atoms with Crippen molar-refractivity contribution in [2.75, 3.05) is 14.2 Å². The van der Waals surface area contributed by atoms with E-state index in [1.54, 1.807) is 31.4 Å². The van der Waals surface area contributed by atoms with Crippen LogP contribution in [-0.4, -0.2) is 31.2 Å².